The molecule has 0 unspecified atom stereocenters. The van der Waals surface area contributed by atoms with Crippen molar-refractivity contribution in [3.05, 3.63) is 64.9 Å². The first-order valence-corrected chi connectivity index (χ1v) is 7.98. The average Bonchev–Trinajstić information content (AvgIpc) is 2.96. The van der Waals surface area contributed by atoms with Crippen molar-refractivity contribution in [2.45, 2.75) is 13.3 Å². The van der Waals surface area contributed by atoms with Gasteiger partial charge in [0.15, 0.2) is 11.5 Å². The number of nitrogens with one attached hydrogen (secondary N) is 1. The van der Waals surface area contributed by atoms with E-state index < -0.39 is 0 Å². The Hall–Kier alpha value is -3.08. The molecule has 0 saturated heterocycles. The van der Waals surface area contributed by atoms with Crippen LogP contribution in [0.5, 0.6) is 11.5 Å². The molecule has 5 heteroatoms. The molecule has 25 heavy (non-hydrogen) atoms. The van der Waals surface area contributed by atoms with E-state index in [1.54, 1.807) is 14.2 Å². The summed E-state index contributed by atoms with van der Waals surface area (Å²) in [5, 5.41) is 2.83. The van der Waals surface area contributed by atoms with Crippen molar-refractivity contribution in [2.75, 3.05) is 14.2 Å². The molecule has 0 fully saturated rings. The second kappa shape index (κ2) is 7.21. The summed E-state index contributed by atoms with van der Waals surface area (Å²) in [6.07, 6.45) is 2.32. The van der Waals surface area contributed by atoms with E-state index in [0.717, 1.165) is 16.7 Å². The van der Waals surface area contributed by atoms with E-state index in [9.17, 15) is 4.79 Å². The fourth-order valence-electron chi connectivity index (χ4n) is 2.68. The number of amides is 1. The van der Waals surface area contributed by atoms with Gasteiger partial charge in [0.2, 0.25) is 0 Å². The zero-order valence-corrected chi connectivity index (χ0v) is 14.5. The Morgan fingerprint density at radius 1 is 1.08 bits per heavy atom. The minimum atomic E-state index is -0.182. The molecule has 0 aromatic heterocycles. The van der Waals surface area contributed by atoms with E-state index in [-0.39, 0.29) is 5.91 Å². The van der Waals surface area contributed by atoms with Crippen LogP contribution in [-0.4, -0.2) is 26.0 Å². The van der Waals surface area contributed by atoms with Crippen LogP contribution in [0.1, 0.15) is 16.7 Å². The average molecular weight is 336 g/mol. The molecule has 1 N–H and O–H groups in total. The Balaban J connectivity index is 1.83. The largest absolute Gasteiger partial charge is 0.493 e. The van der Waals surface area contributed by atoms with E-state index in [1.165, 1.54) is 0 Å². The van der Waals surface area contributed by atoms with Crippen molar-refractivity contribution in [3.8, 4) is 11.5 Å². The molecule has 128 valence electrons. The lowest BCUT2D eigenvalue weighted by atomic mass is 10.1. The highest BCUT2D eigenvalue weighted by molar-refractivity contribution is 6.14. The minimum absolute atomic E-state index is 0.182. The third-order valence-corrected chi connectivity index (χ3v) is 4.05. The number of amidine groups is 1. The van der Waals surface area contributed by atoms with Gasteiger partial charge in [-0.15, -0.1) is 0 Å². The van der Waals surface area contributed by atoms with Gasteiger partial charge in [-0.3, -0.25) is 4.79 Å². The van der Waals surface area contributed by atoms with Gasteiger partial charge in [0.05, 0.1) is 14.2 Å². The molecule has 1 amide bonds. The van der Waals surface area contributed by atoms with Gasteiger partial charge in [-0.1, -0.05) is 30.3 Å². The fourth-order valence-corrected chi connectivity index (χ4v) is 2.68. The summed E-state index contributed by atoms with van der Waals surface area (Å²) in [6, 6.07) is 13.6. The molecule has 0 radical (unpaired) electrons. The Bertz CT molecular complexity index is 869. The van der Waals surface area contributed by atoms with Crippen molar-refractivity contribution in [1.29, 1.82) is 0 Å². The monoisotopic (exact) mass is 336 g/mol. The Morgan fingerprint density at radius 3 is 2.56 bits per heavy atom. The molecule has 0 aliphatic carbocycles. The van der Waals surface area contributed by atoms with Crippen LogP contribution >= 0.6 is 0 Å². The Morgan fingerprint density at radius 2 is 1.84 bits per heavy atom. The van der Waals surface area contributed by atoms with Gasteiger partial charge < -0.3 is 14.8 Å². The third-order valence-electron chi connectivity index (χ3n) is 4.05. The first kappa shape index (κ1) is 16.8. The molecule has 0 spiro atoms. The molecule has 2 aromatic carbocycles. The standard InChI is InChI=1S/C20H20N2O3/c1-13-6-4-5-7-15(13)12-16-20(23)22-19(21-16)11-14-8-9-17(24-2)18(10-14)25-3/h4-10,12H,11H2,1-3H3,(H,21,22,23)/b16-12-. The van der Waals surface area contributed by atoms with Gasteiger partial charge in [-0.2, -0.15) is 0 Å². The first-order valence-electron chi connectivity index (χ1n) is 7.98. The van der Waals surface area contributed by atoms with E-state index >= 15 is 0 Å². The van der Waals surface area contributed by atoms with Crippen LogP contribution in [0.4, 0.5) is 0 Å². The lowest BCUT2D eigenvalue weighted by Gasteiger charge is -2.09. The number of rotatable bonds is 5. The maximum Gasteiger partial charge on any atom is 0.275 e. The quantitative estimate of drug-likeness (QED) is 0.854. The number of carbonyl (C=O) groups excluding carboxylic acids is 1. The number of aliphatic imine (C=N–C) groups is 1. The zero-order chi connectivity index (χ0) is 17.8. The number of nitrogens with zero attached hydrogens (tertiary/aromatic N) is 1. The van der Waals surface area contributed by atoms with Crippen molar-refractivity contribution in [2.24, 2.45) is 4.99 Å². The maximum absolute atomic E-state index is 12.2. The summed E-state index contributed by atoms with van der Waals surface area (Å²) in [7, 11) is 3.20. The van der Waals surface area contributed by atoms with E-state index in [1.807, 2.05) is 55.5 Å². The van der Waals surface area contributed by atoms with Gasteiger partial charge in [0.1, 0.15) is 11.5 Å². The summed E-state index contributed by atoms with van der Waals surface area (Å²) in [5.41, 5.74) is 3.49. The Kier molecular flexibility index (Phi) is 4.84. The second-order valence-electron chi connectivity index (χ2n) is 5.76. The highest BCUT2D eigenvalue weighted by atomic mass is 16.5. The molecular weight excluding hydrogens is 316 g/mol. The summed E-state index contributed by atoms with van der Waals surface area (Å²) in [5.74, 6) is 1.76. The molecule has 2 aromatic rings. The van der Waals surface area contributed by atoms with Crippen LogP contribution in [0.15, 0.2) is 53.2 Å². The second-order valence-corrected chi connectivity index (χ2v) is 5.76. The zero-order valence-electron chi connectivity index (χ0n) is 14.5. The van der Waals surface area contributed by atoms with Crippen LogP contribution in [0.2, 0.25) is 0 Å². The van der Waals surface area contributed by atoms with E-state index in [4.69, 9.17) is 9.47 Å². The molecule has 1 aliphatic rings. The van der Waals surface area contributed by atoms with Crippen molar-refractivity contribution >= 4 is 17.8 Å². The van der Waals surface area contributed by atoms with E-state index in [0.29, 0.717) is 29.5 Å². The highest BCUT2D eigenvalue weighted by Gasteiger charge is 2.20. The molecule has 1 heterocycles. The number of aryl methyl sites for hydroxylation is 1. The summed E-state index contributed by atoms with van der Waals surface area (Å²) in [6.45, 7) is 2.01. The van der Waals surface area contributed by atoms with Crippen molar-refractivity contribution in [3.63, 3.8) is 0 Å². The number of ether oxygens (including phenoxy) is 2. The maximum atomic E-state index is 12.2. The van der Waals surface area contributed by atoms with E-state index in [2.05, 4.69) is 10.3 Å². The topological polar surface area (TPSA) is 59.9 Å². The van der Waals surface area contributed by atoms with Gasteiger partial charge in [0, 0.05) is 6.42 Å². The number of benzene rings is 2. The fraction of sp³-hybridized carbons (Fsp3) is 0.200. The molecule has 0 saturated carbocycles. The lowest BCUT2D eigenvalue weighted by molar-refractivity contribution is -0.115. The van der Waals surface area contributed by atoms with Gasteiger partial charge in [0.25, 0.3) is 5.91 Å². The number of carbonyl (C=O) groups is 1. The van der Waals surface area contributed by atoms with Crippen LogP contribution in [-0.2, 0) is 11.2 Å². The molecule has 3 rings (SSSR count). The number of hydrogen-bond acceptors (Lipinski definition) is 4. The lowest BCUT2D eigenvalue weighted by Crippen LogP contribution is -2.25. The van der Waals surface area contributed by atoms with Crippen LogP contribution in [0.25, 0.3) is 6.08 Å². The predicted octanol–water partition coefficient (Wildman–Crippen LogP) is 3.12. The van der Waals surface area contributed by atoms with Crippen LogP contribution in [0.3, 0.4) is 0 Å². The van der Waals surface area contributed by atoms with Crippen LogP contribution in [0, 0.1) is 6.92 Å². The molecule has 0 bridgehead atoms. The summed E-state index contributed by atoms with van der Waals surface area (Å²) < 4.78 is 10.6. The van der Waals surface area contributed by atoms with Crippen molar-refractivity contribution < 1.29 is 14.3 Å². The van der Waals surface area contributed by atoms with Crippen LogP contribution < -0.4 is 14.8 Å². The third kappa shape index (κ3) is 3.71. The molecule has 0 atom stereocenters. The normalized spacial score (nSPS) is 15.1. The smallest absolute Gasteiger partial charge is 0.275 e. The number of hydrogen-bond donors (Lipinski definition) is 1. The highest BCUT2D eigenvalue weighted by Crippen LogP contribution is 2.28. The van der Waals surface area contributed by atoms with Gasteiger partial charge in [-0.25, -0.2) is 4.99 Å². The molecule has 1 aliphatic heterocycles. The Labute approximate surface area is 147 Å². The summed E-state index contributed by atoms with van der Waals surface area (Å²) >= 11 is 0. The predicted molar refractivity (Wildman–Crippen MR) is 98.0 cm³/mol. The minimum Gasteiger partial charge on any atom is -0.493 e. The van der Waals surface area contributed by atoms with Crippen molar-refractivity contribution in [1.82, 2.24) is 5.32 Å². The SMILES string of the molecule is COc1ccc(CC2=N/C(=C\c3ccccc3C)C(=O)N2)cc1OC. The number of methoxy groups -OCH3 is 2. The first-order chi connectivity index (χ1) is 12.1. The molecule has 5 nitrogen and oxygen atoms in total. The summed E-state index contributed by atoms with van der Waals surface area (Å²) in [4.78, 5) is 16.6. The molecular formula is C20H20N2O3. The van der Waals surface area contributed by atoms with Gasteiger partial charge >= 0.3 is 0 Å². The van der Waals surface area contributed by atoms with Gasteiger partial charge in [-0.05, 0) is 41.8 Å².